The summed E-state index contributed by atoms with van der Waals surface area (Å²) in [5.41, 5.74) is 1.65. The Morgan fingerprint density at radius 1 is 1.10 bits per heavy atom. The molecule has 0 unspecified atom stereocenters. The van der Waals surface area contributed by atoms with Gasteiger partial charge in [-0.15, -0.1) is 11.3 Å². The van der Waals surface area contributed by atoms with Gasteiger partial charge in [-0.2, -0.15) is 0 Å². The summed E-state index contributed by atoms with van der Waals surface area (Å²) in [4.78, 5) is 17.1. The quantitative estimate of drug-likeness (QED) is 0.486. The maximum Gasteiger partial charge on any atom is 0.257 e. The summed E-state index contributed by atoms with van der Waals surface area (Å²) in [5, 5.41) is 5.34. The third kappa shape index (κ3) is 3.81. The molecule has 1 amide bonds. The Morgan fingerprint density at radius 3 is 2.66 bits per heavy atom. The third-order valence-electron chi connectivity index (χ3n) is 4.45. The van der Waals surface area contributed by atoms with Crippen LogP contribution in [0.5, 0.6) is 0 Å². The molecule has 0 aliphatic heterocycles. The van der Waals surface area contributed by atoms with Crippen molar-refractivity contribution in [2.45, 2.75) is 24.0 Å². The van der Waals surface area contributed by atoms with E-state index in [0.717, 1.165) is 11.0 Å². The number of sulfone groups is 1. The zero-order valence-corrected chi connectivity index (χ0v) is 17.4. The van der Waals surface area contributed by atoms with E-state index in [1.807, 2.05) is 30.3 Å². The largest absolute Gasteiger partial charge is 0.454 e. The molecule has 0 saturated carbocycles. The molecule has 4 aromatic rings. The average molecular weight is 427 g/mol. The van der Waals surface area contributed by atoms with Crippen molar-refractivity contribution >= 4 is 43.2 Å². The van der Waals surface area contributed by atoms with Crippen molar-refractivity contribution in [1.29, 1.82) is 0 Å². The number of nitrogens with one attached hydrogen (secondary N) is 1. The molecule has 0 bridgehead atoms. The second-order valence-corrected chi connectivity index (χ2v) is 10.1. The van der Waals surface area contributed by atoms with Gasteiger partial charge in [0.25, 0.3) is 5.91 Å². The fourth-order valence-electron chi connectivity index (χ4n) is 2.81. The third-order valence-corrected chi connectivity index (χ3v) is 7.36. The smallest absolute Gasteiger partial charge is 0.257 e. The first-order chi connectivity index (χ1) is 13.8. The molecule has 2 aromatic carbocycles. The highest BCUT2D eigenvalue weighted by Crippen LogP contribution is 2.30. The molecule has 4 rings (SSSR count). The second kappa shape index (κ2) is 7.46. The Morgan fingerprint density at radius 2 is 1.90 bits per heavy atom. The second-order valence-electron chi connectivity index (χ2n) is 6.76. The number of hydrogen-bond acceptors (Lipinski definition) is 6. The minimum atomic E-state index is -3.46. The van der Waals surface area contributed by atoms with Gasteiger partial charge in [-0.3, -0.25) is 10.1 Å². The lowest BCUT2D eigenvalue weighted by Crippen LogP contribution is -2.16. The van der Waals surface area contributed by atoms with Crippen molar-refractivity contribution in [3.8, 4) is 11.5 Å². The predicted octanol–water partition coefficient (Wildman–Crippen LogP) is 4.99. The number of carbonyl (C=O) groups is 1. The van der Waals surface area contributed by atoms with E-state index in [1.165, 1.54) is 23.5 Å². The summed E-state index contributed by atoms with van der Waals surface area (Å²) in [6, 6.07) is 15.6. The highest BCUT2D eigenvalue weighted by Gasteiger charge is 2.21. The van der Waals surface area contributed by atoms with E-state index < -0.39 is 21.0 Å². The molecule has 0 radical (unpaired) electrons. The van der Waals surface area contributed by atoms with Crippen molar-refractivity contribution < 1.29 is 17.6 Å². The number of thiazole rings is 1. The lowest BCUT2D eigenvalue weighted by Gasteiger charge is -2.09. The number of amides is 1. The Bertz CT molecular complexity index is 1270. The van der Waals surface area contributed by atoms with Crippen LogP contribution in [0.3, 0.4) is 0 Å². The zero-order valence-electron chi connectivity index (χ0n) is 15.7. The van der Waals surface area contributed by atoms with Crippen molar-refractivity contribution in [2.75, 3.05) is 5.32 Å². The molecule has 0 aliphatic carbocycles. The van der Waals surface area contributed by atoms with Gasteiger partial charge >= 0.3 is 0 Å². The van der Waals surface area contributed by atoms with Gasteiger partial charge in [0.1, 0.15) is 11.3 Å². The number of nitrogens with zero attached hydrogens (tertiary/aromatic N) is 1. The van der Waals surface area contributed by atoms with E-state index in [-0.39, 0.29) is 10.5 Å². The minimum absolute atomic E-state index is 0.127. The molecule has 0 saturated heterocycles. The number of aromatic nitrogens is 1. The van der Waals surface area contributed by atoms with Crippen LogP contribution in [0.2, 0.25) is 0 Å². The molecule has 148 valence electrons. The van der Waals surface area contributed by atoms with Crippen molar-refractivity contribution in [3.63, 3.8) is 0 Å². The van der Waals surface area contributed by atoms with Gasteiger partial charge in [-0.05, 0) is 44.2 Å². The highest BCUT2D eigenvalue weighted by molar-refractivity contribution is 7.92. The number of para-hydroxylation sites is 1. The summed E-state index contributed by atoms with van der Waals surface area (Å²) < 4.78 is 30.5. The van der Waals surface area contributed by atoms with Gasteiger partial charge in [-0.1, -0.05) is 24.3 Å². The van der Waals surface area contributed by atoms with Crippen LogP contribution in [-0.4, -0.2) is 24.6 Å². The fourth-order valence-corrected chi connectivity index (χ4v) is 4.61. The monoisotopic (exact) mass is 426 g/mol. The van der Waals surface area contributed by atoms with Crippen LogP contribution in [0, 0.1) is 0 Å². The number of furan rings is 1. The van der Waals surface area contributed by atoms with Crippen LogP contribution in [0.4, 0.5) is 5.13 Å². The lowest BCUT2D eigenvalue weighted by atomic mass is 10.2. The maximum absolute atomic E-state index is 12.6. The van der Waals surface area contributed by atoms with Crippen LogP contribution in [0.15, 0.2) is 69.3 Å². The number of anilines is 1. The first-order valence-electron chi connectivity index (χ1n) is 8.94. The molecule has 2 heterocycles. The number of benzene rings is 2. The van der Waals surface area contributed by atoms with Gasteiger partial charge in [0.15, 0.2) is 20.7 Å². The van der Waals surface area contributed by atoms with Gasteiger partial charge in [0, 0.05) is 16.3 Å². The van der Waals surface area contributed by atoms with E-state index in [4.69, 9.17) is 4.42 Å². The molecular weight excluding hydrogens is 408 g/mol. The molecule has 8 heteroatoms. The first-order valence-corrected chi connectivity index (χ1v) is 11.4. The van der Waals surface area contributed by atoms with E-state index in [1.54, 1.807) is 31.4 Å². The standard InChI is InChI=1S/C21H18N2O4S2/c1-13(2)29(25,26)16-8-5-7-15(10-16)20(24)23-21-22-17(12-28-21)19-11-14-6-3-4-9-18(14)27-19/h3-13H,1-2H3,(H,22,23,24). The predicted molar refractivity (Wildman–Crippen MR) is 114 cm³/mol. The average Bonchev–Trinajstić information content (AvgIpc) is 3.34. The lowest BCUT2D eigenvalue weighted by molar-refractivity contribution is 0.102. The molecule has 0 atom stereocenters. The Kier molecular flexibility index (Phi) is 4.97. The summed E-state index contributed by atoms with van der Waals surface area (Å²) in [6.45, 7) is 3.22. The summed E-state index contributed by atoms with van der Waals surface area (Å²) in [7, 11) is -3.46. The summed E-state index contributed by atoms with van der Waals surface area (Å²) in [5.74, 6) is 0.198. The zero-order chi connectivity index (χ0) is 20.6. The number of carbonyl (C=O) groups excluding carboxylic acids is 1. The van der Waals surface area contributed by atoms with Crippen LogP contribution < -0.4 is 5.32 Å². The topological polar surface area (TPSA) is 89.3 Å². The molecule has 29 heavy (non-hydrogen) atoms. The van der Waals surface area contributed by atoms with Crippen LogP contribution in [-0.2, 0) is 9.84 Å². The van der Waals surface area contributed by atoms with E-state index in [9.17, 15) is 13.2 Å². The summed E-state index contributed by atoms with van der Waals surface area (Å²) in [6.07, 6.45) is 0. The Balaban J connectivity index is 1.55. The maximum atomic E-state index is 12.6. The fraction of sp³-hybridized carbons (Fsp3) is 0.143. The molecule has 1 N–H and O–H groups in total. The molecule has 2 aromatic heterocycles. The minimum Gasteiger partial charge on any atom is -0.454 e. The molecule has 0 spiro atoms. The van der Waals surface area contributed by atoms with Gasteiger partial charge in [-0.25, -0.2) is 13.4 Å². The van der Waals surface area contributed by atoms with Crippen molar-refractivity contribution in [3.05, 3.63) is 65.5 Å². The summed E-state index contributed by atoms with van der Waals surface area (Å²) >= 11 is 1.27. The number of fused-ring (bicyclic) bond motifs is 1. The van der Waals surface area contributed by atoms with Crippen molar-refractivity contribution in [1.82, 2.24) is 4.98 Å². The normalized spacial score (nSPS) is 11.8. The van der Waals surface area contributed by atoms with Crippen LogP contribution >= 0.6 is 11.3 Å². The Hall–Kier alpha value is -2.97. The molecular formula is C21H18N2O4S2. The van der Waals surface area contributed by atoms with Gasteiger partial charge in [0.05, 0.1) is 10.1 Å². The van der Waals surface area contributed by atoms with E-state index >= 15 is 0 Å². The molecule has 0 fully saturated rings. The SMILES string of the molecule is CC(C)S(=O)(=O)c1cccc(C(=O)Nc2nc(-c3cc4ccccc4o3)cs2)c1. The van der Waals surface area contributed by atoms with E-state index in [0.29, 0.717) is 16.6 Å². The molecule has 6 nitrogen and oxygen atoms in total. The highest BCUT2D eigenvalue weighted by atomic mass is 32.2. The first kappa shape index (κ1) is 19.4. The molecule has 0 aliphatic rings. The van der Waals surface area contributed by atoms with Crippen LogP contribution in [0.25, 0.3) is 22.4 Å². The van der Waals surface area contributed by atoms with Gasteiger partial charge in [0.2, 0.25) is 0 Å². The van der Waals surface area contributed by atoms with Crippen molar-refractivity contribution in [2.24, 2.45) is 0 Å². The van der Waals surface area contributed by atoms with Gasteiger partial charge < -0.3 is 4.42 Å². The number of rotatable bonds is 5. The Labute approximate surface area is 172 Å². The number of hydrogen-bond donors (Lipinski definition) is 1. The van der Waals surface area contributed by atoms with Crippen LogP contribution in [0.1, 0.15) is 24.2 Å². The van der Waals surface area contributed by atoms with E-state index in [2.05, 4.69) is 10.3 Å².